The molecule has 0 spiro atoms. The summed E-state index contributed by atoms with van der Waals surface area (Å²) in [4.78, 5) is 12.6. The molecule has 5 heteroatoms. The van der Waals surface area contributed by atoms with Crippen LogP contribution in [0, 0.1) is 5.82 Å². The normalized spacial score (nSPS) is 10.7. The van der Waals surface area contributed by atoms with Crippen LogP contribution in [0.5, 0.6) is 0 Å². The Hall–Kier alpha value is -1.62. The lowest BCUT2D eigenvalue weighted by molar-refractivity contribution is -0.136. The fourth-order valence-electron chi connectivity index (χ4n) is 2.30. The molecule has 0 aromatic heterocycles. The number of nitrogens with one attached hydrogen (secondary N) is 1. The first-order valence-electron chi connectivity index (χ1n) is 8.04. The van der Waals surface area contributed by atoms with Crippen molar-refractivity contribution in [3.8, 4) is 0 Å². The first kappa shape index (κ1) is 18.4. The minimum Gasteiger partial charge on any atom is -0.481 e. The van der Waals surface area contributed by atoms with Gasteiger partial charge in [0.25, 0.3) is 0 Å². The topological polar surface area (TPSA) is 52.6 Å². The summed E-state index contributed by atoms with van der Waals surface area (Å²) in [6.07, 6.45) is 3.12. The molecular weight excluding hydrogens is 283 g/mol. The summed E-state index contributed by atoms with van der Waals surface area (Å²) in [5.74, 6) is -1.16. The SMILES string of the molecule is CCCCNCc1ccc(F)c(N(CCC)CCC(=O)O)c1. The van der Waals surface area contributed by atoms with Crippen molar-refractivity contribution >= 4 is 11.7 Å². The number of hydrogen-bond acceptors (Lipinski definition) is 3. The van der Waals surface area contributed by atoms with Gasteiger partial charge in [-0.3, -0.25) is 4.79 Å². The molecule has 0 fully saturated rings. The first-order chi connectivity index (χ1) is 10.6. The molecule has 1 aromatic rings. The van der Waals surface area contributed by atoms with E-state index in [1.54, 1.807) is 6.07 Å². The number of anilines is 1. The minimum atomic E-state index is -0.862. The van der Waals surface area contributed by atoms with Crippen LogP contribution in [0.25, 0.3) is 0 Å². The number of carboxylic acids is 1. The van der Waals surface area contributed by atoms with Gasteiger partial charge in [-0.1, -0.05) is 26.3 Å². The van der Waals surface area contributed by atoms with Crippen LogP contribution in [-0.2, 0) is 11.3 Å². The third-order valence-corrected chi connectivity index (χ3v) is 3.48. The van der Waals surface area contributed by atoms with Crippen molar-refractivity contribution in [1.29, 1.82) is 0 Å². The van der Waals surface area contributed by atoms with E-state index in [2.05, 4.69) is 12.2 Å². The largest absolute Gasteiger partial charge is 0.481 e. The zero-order chi connectivity index (χ0) is 16.4. The van der Waals surface area contributed by atoms with Crippen LogP contribution in [0.2, 0.25) is 0 Å². The molecule has 2 N–H and O–H groups in total. The molecule has 0 heterocycles. The minimum absolute atomic E-state index is 0.0123. The van der Waals surface area contributed by atoms with Gasteiger partial charge < -0.3 is 15.3 Å². The molecule has 0 amide bonds. The fourth-order valence-corrected chi connectivity index (χ4v) is 2.30. The average Bonchev–Trinajstić information content (AvgIpc) is 2.49. The molecule has 1 aromatic carbocycles. The number of aliphatic carboxylic acids is 1. The lowest BCUT2D eigenvalue weighted by atomic mass is 10.1. The maximum Gasteiger partial charge on any atom is 0.305 e. The molecule has 124 valence electrons. The Morgan fingerprint density at radius 1 is 1.27 bits per heavy atom. The molecule has 22 heavy (non-hydrogen) atoms. The lowest BCUT2D eigenvalue weighted by Gasteiger charge is -2.24. The van der Waals surface area contributed by atoms with Gasteiger partial charge in [0.2, 0.25) is 0 Å². The Bertz CT molecular complexity index is 466. The second-order valence-corrected chi connectivity index (χ2v) is 5.45. The van der Waals surface area contributed by atoms with Crippen molar-refractivity contribution in [3.05, 3.63) is 29.6 Å². The highest BCUT2D eigenvalue weighted by Gasteiger charge is 2.13. The molecule has 0 saturated heterocycles. The van der Waals surface area contributed by atoms with E-state index < -0.39 is 5.97 Å². The van der Waals surface area contributed by atoms with Crippen molar-refractivity contribution in [3.63, 3.8) is 0 Å². The highest BCUT2D eigenvalue weighted by atomic mass is 19.1. The zero-order valence-corrected chi connectivity index (χ0v) is 13.6. The van der Waals surface area contributed by atoms with Crippen molar-refractivity contribution in [2.24, 2.45) is 0 Å². The van der Waals surface area contributed by atoms with Crippen molar-refractivity contribution < 1.29 is 14.3 Å². The van der Waals surface area contributed by atoms with Crippen LogP contribution in [0.3, 0.4) is 0 Å². The Kier molecular flexibility index (Phi) is 8.51. The molecule has 0 atom stereocenters. The van der Waals surface area contributed by atoms with E-state index in [1.807, 2.05) is 17.9 Å². The lowest BCUT2D eigenvalue weighted by Crippen LogP contribution is -2.28. The van der Waals surface area contributed by atoms with Crippen LogP contribution in [-0.4, -0.2) is 30.7 Å². The number of unbranched alkanes of at least 4 members (excludes halogenated alkanes) is 1. The molecule has 0 radical (unpaired) electrons. The Balaban J connectivity index is 2.77. The summed E-state index contributed by atoms with van der Waals surface area (Å²) in [7, 11) is 0. The van der Waals surface area contributed by atoms with Crippen LogP contribution >= 0.6 is 0 Å². The second-order valence-electron chi connectivity index (χ2n) is 5.45. The van der Waals surface area contributed by atoms with Gasteiger partial charge in [0.1, 0.15) is 5.82 Å². The molecule has 4 nitrogen and oxygen atoms in total. The molecular formula is C17H27FN2O2. The maximum atomic E-state index is 14.1. The Morgan fingerprint density at radius 2 is 2.05 bits per heavy atom. The predicted octanol–water partition coefficient (Wildman–Crippen LogP) is 3.41. The summed E-state index contributed by atoms with van der Waals surface area (Å²) in [6.45, 7) is 6.77. The first-order valence-corrected chi connectivity index (χ1v) is 8.04. The van der Waals surface area contributed by atoms with E-state index in [9.17, 15) is 9.18 Å². The Morgan fingerprint density at radius 3 is 2.68 bits per heavy atom. The van der Waals surface area contributed by atoms with Gasteiger partial charge in [-0.2, -0.15) is 0 Å². The molecule has 0 saturated carbocycles. The van der Waals surface area contributed by atoms with Crippen molar-refractivity contribution in [2.75, 3.05) is 24.5 Å². The van der Waals surface area contributed by atoms with Crippen LogP contribution in [0.1, 0.15) is 45.1 Å². The van der Waals surface area contributed by atoms with Crippen molar-refractivity contribution in [2.45, 2.75) is 46.1 Å². The average molecular weight is 310 g/mol. The van der Waals surface area contributed by atoms with E-state index in [1.165, 1.54) is 6.07 Å². The molecule has 0 aliphatic heterocycles. The van der Waals surface area contributed by atoms with Gasteiger partial charge in [-0.15, -0.1) is 0 Å². The van der Waals surface area contributed by atoms with E-state index in [4.69, 9.17) is 5.11 Å². The summed E-state index contributed by atoms with van der Waals surface area (Å²) in [5, 5.41) is 12.2. The summed E-state index contributed by atoms with van der Waals surface area (Å²) >= 11 is 0. The van der Waals surface area contributed by atoms with E-state index in [0.717, 1.165) is 31.4 Å². The molecule has 0 bridgehead atoms. The van der Waals surface area contributed by atoms with E-state index in [-0.39, 0.29) is 12.2 Å². The highest BCUT2D eigenvalue weighted by Crippen LogP contribution is 2.22. The number of benzene rings is 1. The maximum absolute atomic E-state index is 14.1. The van der Waals surface area contributed by atoms with Gasteiger partial charge in [0, 0.05) is 19.6 Å². The predicted molar refractivity (Wildman–Crippen MR) is 87.8 cm³/mol. The Labute approximate surface area is 132 Å². The summed E-state index contributed by atoms with van der Waals surface area (Å²) in [6, 6.07) is 5.07. The van der Waals surface area contributed by atoms with Crippen LogP contribution in [0.4, 0.5) is 10.1 Å². The van der Waals surface area contributed by atoms with Gasteiger partial charge >= 0.3 is 5.97 Å². The van der Waals surface area contributed by atoms with E-state index >= 15 is 0 Å². The quantitative estimate of drug-likeness (QED) is 0.615. The zero-order valence-electron chi connectivity index (χ0n) is 13.6. The number of carboxylic acid groups (broad SMARTS) is 1. The smallest absolute Gasteiger partial charge is 0.305 e. The van der Waals surface area contributed by atoms with Gasteiger partial charge in [0.15, 0.2) is 0 Å². The number of hydrogen-bond donors (Lipinski definition) is 2. The summed E-state index contributed by atoms with van der Waals surface area (Å²) < 4.78 is 14.1. The molecule has 0 aliphatic carbocycles. The molecule has 1 rings (SSSR count). The molecule has 0 unspecified atom stereocenters. The van der Waals surface area contributed by atoms with Crippen LogP contribution < -0.4 is 10.2 Å². The molecule has 0 aliphatic rings. The van der Waals surface area contributed by atoms with Crippen LogP contribution in [0.15, 0.2) is 18.2 Å². The number of nitrogens with zero attached hydrogens (tertiary/aromatic N) is 1. The highest BCUT2D eigenvalue weighted by molar-refractivity contribution is 5.67. The monoisotopic (exact) mass is 310 g/mol. The third-order valence-electron chi connectivity index (χ3n) is 3.48. The van der Waals surface area contributed by atoms with Gasteiger partial charge in [0.05, 0.1) is 12.1 Å². The fraction of sp³-hybridized carbons (Fsp3) is 0.588. The number of halogens is 1. The van der Waals surface area contributed by atoms with E-state index in [0.29, 0.717) is 25.3 Å². The standard InChI is InChI=1S/C17H27FN2O2/c1-3-5-9-19-13-14-6-7-15(18)16(12-14)20(10-4-2)11-8-17(21)22/h6-7,12,19H,3-5,8-11,13H2,1-2H3,(H,21,22). The second kappa shape index (κ2) is 10.2. The summed E-state index contributed by atoms with van der Waals surface area (Å²) in [5.41, 5.74) is 1.52. The van der Waals surface area contributed by atoms with Crippen molar-refractivity contribution in [1.82, 2.24) is 5.32 Å². The third kappa shape index (κ3) is 6.43. The van der Waals surface area contributed by atoms with Gasteiger partial charge in [-0.25, -0.2) is 4.39 Å². The van der Waals surface area contributed by atoms with Gasteiger partial charge in [-0.05, 0) is 37.1 Å². The number of carbonyl (C=O) groups is 1. The number of rotatable bonds is 11.